The Hall–Kier alpha value is -1.30. The number of carboxylic acids is 1. The molecule has 0 amide bonds. The van der Waals surface area contributed by atoms with Crippen LogP contribution in [0.4, 0.5) is 5.69 Å². The fourth-order valence-electron chi connectivity index (χ4n) is 2.33. The van der Waals surface area contributed by atoms with Gasteiger partial charge in [-0.3, -0.25) is 9.59 Å². The van der Waals surface area contributed by atoms with Crippen LogP contribution in [0.5, 0.6) is 0 Å². The van der Waals surface area contributed by atoms with E-state index in [0.29, 0.717) is 30.4 Å². The van der Waals surface area contributed by atoms with Crippen LogP contribution in [0.1, 0.15) is 42.6 Å². The van der Waals surface area contributed by atoms with Crippen LogP contribution >= 0.6 is 23.2 Å². The molecule has 0 spiro atoms. The van der Waals surface area contributed by atoms with Gasteiger partial charge in [-0.2, -0.15) is 0 Å². The van der Waals surface area contributed by atoms with E-state index < -0.39 is 12.0 Å². The largest absolute Gasteiger partial charge is 0.481 e. The molecule has 0 saturated heterocycles. The summed E-state index contributed by atoms with van der Waals surface area (Å²) in [5.74, 6) is -0.254. The minimum atomic E-state index is -1.01. The summed E-state index contributed by atoms with van der Waals surface area (Å²) in [7, 11) is 0. The van der Waals surface area contributed by atoms with E-state index in [1.165, 1.54) is 0 Å². The molecule has 0 fully saturated rings. The second kappa shape index (κ2) is 13.0. The Morgan fingerprint density at radius 1 is 1.16 bits per heavy atom. The van der Waals surface area contributed by atoms with Gasteiger partial charge in [0.15, 0.2) is 5.78 Å². The molecule has 1 rings (SSSR count). The first kappa shape index (κ1) is 23.7. The number of carbonyl (C=O) groups is 2. The number of hydrogen-bond acceptors (Lipinski definition) is 4. The maximum atomic E-state index is 12.4. The van der Waals surface area contributed by atoms with E-state index >= 15 is 0 Å². The summed E-state index contributed by atoms with van der Waals surface area (Å²) in [4.78, 5) is 25.1. The van der Waals surface area contributed by atoms with Crippen LogP contribution in [0.15, 0.2) is 18.2 Å². The zero-order valence-corrected chi connectivity index (χ0v) is 16.6. The van der Waals surface area contributed by atoms with E-state index in [4.69, 9.17) is 34.0 Å². The normalized spacial score (nSPS) is 11.3. The predicted octanol–water partition coefficient (Wildman–Crippen LogP) is 3.68. The summed E-state index contributed by atoms with van der Waals surface area (Å²) < 4.78 is 0. The van der Waals surface area contributed by atoms with Gasteiger partial charge in [-0.1, -0.05) is 19.9 Å². The van der Waals surface area contributed by atoms with Crippen molar-refractivity contribution in [3.8, 4) is 0 Å². The highest BCUT2D eigenvalue weighted by molar-refractivity contribution is 6.18. The molecule has 0 saturated carbocycles. The van der Waals surface area contributed by atoms with E-state index in [1.54, 1.807) is 6.07 Å². The molecule has 0 heterocycles. The summed E-state index contributed by atoms with van der Waals surface area (Å²) in [6.07, 6.45) is -0.225. The van der Waals surface area contributed by atoms with Crippen molar-refractivity contribution in [1.29, 1.82) is 0 Å². The zero-order valence-electron chi connectivity index (χ0n) is 15.1. The topological polar surface area (TPSA) is 83.6 Å². The molecule has 3 N–H and O–H groups in total. The first-order valence-electron chi connectivity index (χ1n) is 8.37. The Balaban J connectivity index is 0.00000277. The highest BCUT2D eigenvalue weighted by Gasteiger charge is 2.17. The van der Waals surface area contributed by atoms with Gasteiger partial charge in [0.25, 0.3) is 0 Å². The second-order valence-electron chi connectivity index (χ2n) is 5.35. The molecule has 0 aliphatic rings. The van der Waals surface area contributed by atoms with Crippen LogP contribution < -0.4 is 10.6 Å². The first-order valence-corrected chi connectivity index (χ1v) is 9.44. The summed E-state index contributed by atoms with van der Waals surface area (Å²) in [5.41, 5.74) is 7.96. The number of alkyl halides is 2. The van der Waals surface area contributed by atoms with Gasteiger partial charge in [-0.05, 0) is 24.6 Å². The van der Waals surface area contributed by atoms with Gasteiger partial charge in [-0.15, -0.1) is 23.2 Å². The molecular weight excluding hydrogens is 363 g/mol. The van der Waals surface area contributed by atoms with E-state index in [0.717, 1.165) is 11.3 Å². The van der Waals surface area contributed by atoms with Crippen molar-refractivity contribution < 1.29 is 14.7 Å². The van der Waals surface area contributed by atoms with Gasteiger partial charge < -0.3 is 15.7 Å². The molecule has 1 unspecified atom stereocenters. The molecule has 1 aromatic rings. The Bertz CT molecular complexity index is 547. The Morgan fingerprint density at radius 3 is 2.20 bits per heavy atom. The van der Waals surface area contributed by atoms with Gasteiger partial charge in [0.05, 0.1) is 6.42 Å². The quantitative estimate of drug-likeness (QED) is 0.470. The third kappa shape index (κ3) is 8.56. The third-order valence-electron chi connectivity index (χ3n) is 3.48. The first-order chi connectivity index (χ1) is 11.9. The van der Waals surface area contributed by atoms with Crippen molar-refractivity contribution in [2.45, 2.75) is 39.7 Å². The third-order valence-corrected chi connectivity index (χ3v) is 3.82. The maximum absolute atomic E-state index is 12.4. The Labute approximate surface area is 160 Å². The number of anilines is 1. The van der Waals surface area contributed by atoms with Crippen LogP contribution in [0.3, 0.4) is 0 Å². The lowest BCUT2D eigenvalue weighted by atomic mass is 9.97. The standard InChI is InChI=1S/C16H22Cl2N2O3.C2H6/c1-11-2-3-13(20(6-4-17)7-5-18)10-14(11)15(21)8-12(19)9-16(22)23;1-2/h2-3,10,12H,4-9,19H2,1H3,(H,22,23);1-2H3. The molecule has 0 aromatic heterocycles. The highest BCUT2D eigenvalue weighted by atomic mass is 35.5. The molecule has 1 atom stereocenters. The van der Waals surface area contributed by atoms with Gasteiger partial charge in [0, 0.05) is 48.6 Å². The second-order valence-corrected chi connectivity index (χ2v) is 6.11. The zero-order chi connectivity index (χ0) is 19.4. The van der Waals surface area contributed by atoms with Crippen molar-refractivity contribution in [2.24, 2.45) is 5.73 Å². The Kier molecular flexibility index (Phi) is 12.3. The lowest BCUT2D eigenvalue weighted by Gasteiger charge is -2.24. The molecule has 0 aliphatic heterocycles. The van der Waals surface area contributed by atoms with Crippen molar-refractivity contribution in [3.63, 3.8) is 0 Å². The molecule has 25 heavy (non-hydrogen) atoms. The van der Waals surface area contributed by atoms with E-state index in [2.05, 4.69) is 0 Å². The van der Waals surface area contributed by atoms with Crippen LogP contribution in [0, 0.1) is 6.92 Å². The summed E-state index contributed by atoms with van der Waals surface area (Å²) in [5, 5.41) is 8.73. The van der Waals surface area contributed by atoms with Crippen molar-refractivity contribution in [2.75, 3.05) is 29.7 Å². The molecule has 0 radical (unpaired) electrons. The number of Topliss-reactive ketones (excluding diaryl/α,β-unsaturated/α-hetero) is 1. The number of ketones is 1. The molecular formula is C18H28Cl2N2O3. The van der Waals surface area contributed by atoms with E-state index in [9.17, 15) is 9.59 Å². The lowest BCUT2D eigenvalue weighted by Crippen LogP contribution is -2.29. The van der Waals surface area contributed by atoms with Gasteiger partial charge in [0.1, 0.15) is 0 Å². The molecule has 142 valence electrons. The fourth-order valence-corrected chi connectivity index (χ4v) is 2.73. The smallest absolute Gasteiger partial charge is 0.304 e. The molecule has 1 aromatic carbocycles. The van der Waals surface area contributed by atoms with Crippen LogP contribution in [0.25, 0.3) is 0 Å². The number of aliphatic carboxylic acids is 1. The molecule has 5 nitrogen and oxygen atoms in total. The van der Waals surface area contributed by atoms with Crippen LogP contribution in [0.2, 0.25) is 0 Å². The van der Waals surface area contributed by atoms with E-state index in [-0.39, 0.29) is 18.6 Å². The monoisotopic (exact) mass is 390 g/mol. The SMILES string of the molecule is CC.Cc1ccc(N(CCCl)CCCl)cc1C(=O)CC(N)CC(=O)O. The number of nitrogens with zero attached hydrogens (tertiary/aromatic N) is 1. The lowest BCUT2D eigenvalue weighted by molar-refractivity contribution is -0.137. The summed E-state index contributed by atoms with van der Waals surface area (Å²) >= 11 is 11.6. The van der Waals surface area contributed by atoms with Gasteiger partial charge >= 0.3 is 5.97 Å². The number of rotatable bonds is 10. The maximum Gasteiger partial charge on any atom is 0.304 e. The summed E-state index contributed by atoms with van der Waals surface area (Å²) in [6, 6.07) is 4.89. The minimum absolute atomic E-state index is 0.00159. The Morgan fingerprint density at radius 2 is 1.72 bits per heavy atom. The van der Waals surface area contributed by atoms with Crippen molar-refractivity contribution in [1.82, 2.24) is 0 Å². The van der Waals surface area contributed by atoms with E-state index in [1.807, 2.05) is 37.8 Å². The molecule has 0 aliphatic carbocycles. The molecule has 0 bridgehead atoms. The number of carbonyl (C=O) groups excluding carboxylic acids is 1. The van der Waals surface area contributed by atoms with Crippen LogP contribution in [-0.4, -0.2) is 47.8 Å². The van der Waals surface area contributed by atoms with Crippen LogP contribution in [-0.2, 0) is 4.79 Å². The molecule has 7 heteroatoms. The minimum Gasteiger partial charge on any atom is -0.481 e. The number of hydrogen-bond donors (Lipinski definition) is 2. The van der Waals surface area contributed by atoms with Crippen molar-refractivity contribution >= 4 is 40.6 Å². The van der Waals surface area contributed by atoms with Crippen molar-refractivity contribution in [3.05, 3.63) is 29.3 Å². The predicted molar refractivity (Wildman–Crippen MR) is 105 cm³/mol. The number of benzene rings is 1. The summed E-state index contributed by atoms with van der Waals surface area (Å²) in [6.45, 7) is 7.10. The number of nitrogens with two attached hydrogens (primary N) is 1. The van der Waals surface area contributed by atoms with Gasteiger partial charge in [-0.25, -0.2) is 0 Å². The average molecular weight is 391 g/mol. The highest BCUT2D eigenvalue weighted by Crippen LogP contribution is 2.21. The fraction of sp³-hybridized carbons (Fsp3) is 0.556. The number of halogens is 2. The average Bonchev–Trinajstić information content (AvgIpc) is 2.56. The number of aryl methyl sites for hydroxylation is 1. The number of carboxylic acid groups (broad SMARTS) is 1. The van der Waals surface area contributed by atoms with Gasteiger partial charge in [0.2, 0.25) is 0 Å².